The van der Waals surface area contributed by atoms with E-state index in [1.54, 1.807) is 12.3 Å². The van der Waals surface area contributed by atoms with Crippen molar-refractivity contribution in [2.24, 2.45) is 0 Å². The molecule has 0 amide bonds. The maximum Gasteiger partial charge on any atom is 0.146 e. The summed E-state index contributed by atoms with van der Waals surface area (Å²) in [6, 6.07) is 3.73. The van der Waals surface area contributed by atoms with Gasteiger partial charge in [0, 0.05) is 6.20 Å². The molecule has 0 aliphatic rings. The lowest BCUT2D eigenvalue weighted by Gasteiger charge is -1.96. The summed E-state index contributed by atoms with van der Waals surface area (Å²) in [4.78, 5) is 3.86. The summed E-state index contributed by atoms with van der Waals surface area (Å²) >= 11 is 5.62. The quantitative estimate of drug-likeness (QED) is 0.600. The molecule has 0 atom stereocenters. The number of nitrogens with zero attached hydrogens (tertiary/aromatic N) is 2. The van der Waals surface area contributed by atoms with Gasteiger partial charge in [-0.2, -0.15) is 5.26 Å². The van der Waals surface area contributed by atoms with Crippen LogP contribution in [0.3, 0.4) is 0 Å². The van der Waals surface area contributed by atoms with Gasteiger partial charge in [-0.25, -0.2) is 4.98 Å². The van der Waals surface area contributed by atoms with Gasteiger partial charge in [0.1, 0.15) is 11.2 Å². The van der Waals surface area contributed by atoms with Crippen molar-refractivity contribution >= 4 is 11.6 Å². The highest BCUT2D eigenvalue weighted by Gasteiger charge is 2.00. The van der Waals surface area contributed by atoms with Gasteiger partial charge in [-0.05, 0) is 18.1 Å². The van der Waals surface area contributed by atoms with Crippen molar-refractivity contribution in [3.63, 3.8) is 0 Å². The minimum Gasteiger partial charge on any atom is -0.243 e. The molecule has 0 aliphatic heterocycles. The van der Waals surface area contributed by atoms with Crippen molar-refractivity contribution in [3.8, 4) is 6.07 Å². The lowest BCUT2D eigenvalue weighted by Crippen LogP contribution is -1.87. The third-order valence-corrected chi connectivity index (χ3v) is 1.73. The summed E-state index contributed by atoms with van der Waals surface area (Å²) in [6.07, 6.45) is 2.56. The van der Waals surface area contributed by atoms with Gasteiger partial charge in [0.2, 0.25) is 0 Å². The zero-order chi connectivity index (χ0) is 8.27. The molecule has 0 unspecified atom stereocenters. The molecule has 0 aliphatic carbocycles. The van der Waals surface area contributed by atoms with Gasteiger partial charge in [0.05, 0.1) is 5.56 Å². The Bertz CT molecular complexity index is 301. The first-order chi connectivity index (χ1) is 5.27. The van der Waals surface area contributed by atoms with Gasteiger partial charge >= 0.3 is 0 Å². The summed E-state index contributed by atoms with van der Waals surface area (Å²) in [5.74, 6) is 0. The predicted molar refractivity (Wildman–Crippen MR) is 43.3 cm³/mol. The van der Waals surface area contributed by atoms with Crippen LogP contribution in [-0.4, -0.2) is 4.98 Å². The maximum absolute atomic E-state index is 8.56. The van der Waals surface area contributed by atoms with E-state index in [1.807, 2.05) is 13.0 Å². The second-order valence-corrected chi connectivity index (χ2v) is 2.51. The lowest BCUT2D eigenvalue weighted by molar-refractivity contribution is 1.10. The Labute approximate surface area is 70.4 Å². The molecule has 0 bridgehead atoms. The molecule has 1 aromatic heterocycles. The van der Waals surface area contributed by atoms with Crippen LogP contribution in [0.1, 0.15) is 18.1 Å². The molecule has 0 N–H and O–H groups in total. The van der Waals surface area contributed by atoms with E-state index in [0.29, 0.717) is 5.56 Å². The second-order valence-electron chi connectivity index (χ2n) is 2.15. The molecule has 0 fully saturated rings. The molecule has 1 rings (SSSR count). The molecule has 2 nitrogen and oxygen atoms in total. The van der Waals surface area contributed by atoms with Crippen LogP contribution in [0.15, 0.2) is 12.3 Å². The maximum atomic E-state index is 8.56. The van der Waals surface area contributed by atoms with E-state index in [4.69, 9.17) is 16.9 Å². The summed E-state index contributed by atoms with van der Waals surface area (Å²) in [5, 5.41) is 8.85. The van der Waals surface area contributed by atoms with Crippen LogP contribution in [0.2, 0.25) is 5.15 Å². The number of aryl methyl sites for hydroxylation is 1. The fourth-order valence-corrected chi connectivity index (χ4v) is 0.909. The van der Waals surface area contributed by atoms with Gasteiger partial charge in [-0.3, -0.25) is 0 Å². The van der Waals surface area contributed by atoms with Crippen molar-refractivity contribution < 1.29 is 0 Å². The molecular weight excluding hydrogens is 160 g/mol. The Balaban J connectivity index is 3.15. The van der Waals surface area contributed by atoms with Crippen LogP contribution in [0.25, 0.3) is 0 Å². The first-order valence-electron chi connectivity index (χ1n) is 3.32. The largest absolute Gasteiger partial charge is 0.243 e. The van der Waals surface area contributed by atoms with Crippen LogP contribution in [0.5, 0.6) is 0 Å². The smallest absolute Gasteiger partial charge is 0.146 e. The zero-order valence-corrected chi connectivity index (χ0v) is 6.89. The molecule has 0 aromatic carbocycles. The third-order valence-electron chi connectivity index (χ3n) is 1.42. The Morgan fingerprint density at radius 1 is 1.73 bits per heavy atom. The Morgan fingerprint density at radius 2 is 2.45 bits per heavy atom. The Hall–Kier alpha value is -1.07. The van der Waals surface area contributed by atoms with Crippen molar-refractivity contribution in [2.75, 3.05) is 0 Å². The number of aromatic nitrogens is 1. The van der Waals surface area contributed by atoms with Gasteiger partial charge in [0.25, 0.3) is 0 Å². The SMILES string of the molecule is CCc1cnc(Cl)c(C#N)c1. The number of nitriles is 1. The molecule has 0 spiro atoms. The summed E-state index contributed by atoms with van der Waals surface area (Å²) < 4.78 is 0. The predicted octanol–water partition coefficient (Wildman–Crippen LogP) is 2.17. The molecule has 56 valence electrons. The topological polar surface area (TPSA) is 36.7 Å². The number of hydrogen-bond acceptors (Lipinski definition) is 2. The van der Waals surface area contributed by atoms with Crippen molar-refractivity contribution in [3.05, 3.63) is 28.5 Å². The van der Waals surface area contributed by atoms with E-state index < -0.39 is 0 Å². The van der Waals surface area contributed by atoms with Crippen LogP contribution in [-0.2, 0) is 6.42 Å². The van der Waals surface area contributed by atoms with Crippen LogP contribution in [0, 0.1) is 11.3 Å². The average molecular weight is 167 g/mol. The molecule has 0 radical (unpaired) electrons. The van der Waals surface area contributed by atoms with Gasteiger partial charge < -0.3 is 0 Å². The van der Waals surface area contributed by atoms with E-state index in [0.717, 1.165) is 12.0 Å². The normalized spacial score (nSPS) is 9.18. The molecule has 0 saturated carbocycles. The van der Waals surface area contributed by atoms with Gasteiger partial charge in [-0.15, -0.1) is 0 Å². The van der Waals surface area contributed by atoms with E-state index in [2.05, 4.69) is 4.98 Å². The number of rotatable bonds is 1. The number of halogens is 1. The minimum absolute atomic E-state index is 0.282. The van der Waals surface area contributed by atoms with E-state index >= 15 is 0 Å². The van der Waals surface area contributed by atoms with Crippen molar-refractivity contribution in [1.29, 1.82) is 5.26 Å². The molecular formula is C8H7ClN2. The first-order valence-corrected chi connectivity index (χ1v) is 3.70. The summed E-state index contributed by atoms with van der Waals surface area (Å²) in [6.45, 7) is 2.01. The van der Waals surface area contributed by atoms with Crippen molar-refractivity contribution in [2.45, 2.75) is 13.3 Å². The fraction of sp³-hybridized carbons (Fsp3) is 0.250. The highest BCUT2D eigenvalue weighted by molar-refractivity contribution is 6.30. The van der Waals surface area contributed by atoms with E-state index in [-0.39, 0.29) is 5.15 Å². The van der Waals surface area contributed by atoms with Gasteiger partial charge in [-0.1, -0.05) is 18.5 Å². The zero-order valence-electron chi connectivity index (χ0n) is 6.13. The standard InChI is InChI=1S/C8H7ClN2/c1-2-6-3-7(4-10)8(9)11-5-6/h3,5H,2H2,1H3. The highest BCUT2D eigenvalue weighted by atomic mass is 35.5. The second kappa shape index (κ2) is 3.36. The summed E-state index contributed by atoms with van der Waals surface area (Å²) in [7, 11) is 0. The number of pyridine rings is 1. The van der Waals surface area contributed by atoms with E-state index in [9.17, 15) is 0 Å². The highest BCUT2D eigenvalue weighted by Crippen LogP contribution is 2.12. The lowest BCUT2D eigenvalue weighted by atomic mass is 10.2. The van der Waals surface area contributed by atoms with Crippen LogP contribution in [0.4, 0.5) is 0 Å². The average Bonchev–Trinajstić information content (AvgIpc) is 2.05. The fourth-order valence-electron chi connectivity index (χ4n) is 0.763. The van der Waals surface area contributed by atoms with Crippen molar-refractivity contribution in [1.82, 2.24) is 4.98 Å². The van der Waals surface area contributed by atoms with Crippen LogP contribution < -0.4 is 0 Å². The van der Waals surface area contributed by atoms with Crippen LogP contribution >= 0.6 is 11.6 Å². The molecule has 1 heterocycles. The molecule has 1 aromatic rings. The number of hydrogen-bond donors (Lipinski definition) is 0. The Kier molecular flexibility index (Phi) is 2.45. The minimum atomic E-state index is 0.282. The molecule has 3 heteroatoms. The van der Waals surface area contributed by atoms with Gasteiger partial charge in [0.15, 0.2) is 0 Å². The monoisotopic (exact) mass is 166 g/mol. The molecule has 11 heavy (non-hydrogen) atoms. The third kappa shape index (κ3) is 1.69. The first kappa shape index (κ1) is 8.03. The molecule has 0 saturated heterocycles. The summed E-state index contributed by atoms with van der Waals surface area (Å²) in [5.41, 5.74) is 1.48. The van der Waals surface area contributed by atoms with E-state index in [1.165, 1.54) is 0 Å². The Morgan fingerprint density at radius 3 is 3.00 bits per heavy atom.